The maximum Gasteiger partial charge on any atom is 0.253 e. The zero-order valence-electron chi connectivity index (χ0n) is 11.0. The number of nitrogens with zero attached hydrogens (tertiary/aromatic N) is 1. The van der Waals surface area contributed by atoms with E-state index in [0.717, 1.165) is 0 Å². The molecule has 1 saturated heterocycles. The fourth-order valence-corrected chi connectivity index (χ4v) is 2.59. The highest BCUT2D eigenvalue weighted by Crippen LogP contribution is 2.30. The lowest BCUT2D eigenvalue weighted by atomic mass is 10.0. The van der Waals surface area contributed by atoms with Crippen molar-refractivity contribution < 1.29 is 9.59 Å². The summed E-state index contributed by atoms with van der Waals surface area (Å²) in [6.07, 6.45) is 1.05. The molecule has 0 bridgehead atoms. The van der Waals surface area contributed by atoms with Crippen LogP contribution in [0.15, 0.2) is 12.1 Å². The molecule has 1 aliphatic heterocycles. The molecule has 1 fully saturated rings. The molecule has 5 nitrogen and oxygen atoms in total. The maximum absolute atomic E-state index is 12.2. The number of benzene rings is 1. The number of rotatable bonds is 2. The van der Waals surface area contributed by atoms with Crippen LogP contribution in [0.4, 0.5) is 5.69 Å². The van der Waals surface area contributed by atoms with E-state index in [1.165, 1.54) is 12.1 Å². The minimum absolute atomic E-state index is 0.0850. The quantitative estimate of drug-likeness (QED) is 0.819. The van der Waals surface area contributed by atoms with Gasteiger partial charge in [0.1, 0.15) is 0 Å². The van der Waals surface area contributed by atoms with E-state index >= 15 is 0 Å². The predicted octanol–water partition coefficient (Wildman–Crippen LogP) is 1.93. The van der Waals surface area contributed by atoms with Crippen molar-refractivity contribution in [1.29, 1.82) is 0 Å². The highest BCUT2D eigenvalue weighted by molar-refractivity contribution is 6.40. The zero-order valence-corrected chi connectivity index (χ0v) is 12.5. The molecule has 1 aliphatic rings. The maximum atomic E-state index is 12.2. The summed E-state index contributed by atoms with van der Waals surface area (Å²) in [7, 11) is 1.72. The first kappa shape index (κ1) is 14.9. The summed E-state index contributed by atoms with van der Waals surface area (Å²) in [5, 5.41) is 3.32. The third-order valence-corrected chi connectivity index (χ3v) is 4.07. The Morgan fingerprint density at radius 1 is 1.45 bits per heavy atom. The van der Waals surface area contributed by atoms with Crippen molar-refractivity contribution in [2.24, 2.45) is 0 Å². The Bertz CT molecular complexity index is 563. The topological polar surface area (TPSA) is 75.4 Å². The van der Waals surface area contributed by atoms with E-state index in [2.05, 4.69) is 5.32 Å². The summed E-state index contributed by atoms with van der Waals surface area (Å²) in [5.41, 5.74) is 6.17. The van der Waals surface area contributed by atoms with E-state index < -0.39 is 0 Å². The van der Waals surface area contributed by atoms with Gasteiger partial charge in [-0.3, -0.25) is 9.59 Å². The molecule has 7 heteroatoms. The molecule has 2 rings (SSSR count). The number of amides is 2. The van der Waals surface area contributed by atoms with Crippen LogP contribution in [-0.2, 0) is 4.79 Å². The average molecular weight is 316 g/mol. The summed E-state index contributed by atoms with van der Waals surface area (Å²) in [6, 6.07) is 2.99. The van der Waals surface area contributed by atoms with E-state index in [1.807, 2.05) is 0 Å². The Labute approximate surface area is 127 Å². The van der Waals surface area contributed by atoms with Gasteiger partial charge in [-0.25, -0.2) is 0 Å². The number of piperidine rings is 1. The lowest BCUT2D eigenvalue weighted by molar-refractivity contribution is -0.132. The monoisotopic (exact) mass is 315 g/mol. The molecule has 0 radical (unpaired) electrons. The van der Waals surface area contributed by atoms with Gasteiger partial charge < -0.3 is 16.0 Å². The third-order valence-electron chi connectivity index (χ3n) is 3.33. The van der Waals surface area contributed by atoms with Gasteiger partial charge in [0.25, 0.3) is 5.91 Å². The summed E-state index contributed by atoms with van der Waals surface area (Å²) < 4.78 is 0. The molecule has 0 aromatic heterocycles. The van der Waals surface area contributed by atoms with Crippen LogP contribution in [0.1, 0.15) is 23.2 Å². The number of anilines is 1. The minimum atomic E-state index is -0.314. The zero-order chi connectivity index (χ0) is 14.9. The van der Waals surface area contributed by atoms with Gasteiger partial charge >= 0.3 is 0 Å². The number of carbonyl (C=O) groups is 2. The van der Waals surface area contributed by atoms with Crippen LogP contribution in [0.2, 0.25) is 10.0 Å². The number of likely N-dealkylation sites (N-methyl/N-ethyl adjacent to an activating group) is 1. The summed E-state index contributed by atoms with van der Waals surface area (Å²) >= 11 is 11.9. The molecule has 108 valence electrons. The van der Waals surface area contributed by atoms with Gasteiger partial charge in [0.05, 0.1) is 21.3 Å². The molecule has 0 aliphatic carbocycles. The Morgan fingerprint density at radius 3 is 2.80 bits per heavy atom. The highest BCUT2D eigenvalue weighted by Gasteiger charge is 2.25. The molecule has 2 amide bonds. The number of nitrogens with one attached hydrogen (secondary N) is 1. The summed E-state index contributed by atoms with van der Waals surface area (Å²) in [4.78, 5) is 25.2. The second kappa shape index (κ2) is 5.89. The van der Waals surface area contributed by atoms with Crippen LogP contribution in [0.5, 0.6) is 0 Å². The van der Waals surface area contributed by atoms with Crippen LogP contribution in [0, 0.1) is 0 Å². The van der Waals surface area contributed by atoms with Crippen LogP contribution >= 0.6 is 23.2 Å². The lowest BCUT2D eigenvalue weighted by Crippen LogP contribution is -2.48. The Hall–Kier alpha value is -1.46. The van der Waals surface area contributed by atoms with Gasteiger partial charge in [0.15, 0.2) is 0 Å². The largest absolute Gasteiger partial charge is 0.396 e. The van der Waals surface area contributed by atoms with E-state index in [1.54, 1.807) is 11.9 Å². The average Bonchev–Trinajstić information content (AvgIpc) is 2.40. The number of carbonyl (C=O) groups excluding carboxylic acids is 2. The van der Waals surface area contributed by atoms with E-state index in [0.29, 0.717) is 24.4 Å². The number of nitrogens with two attached hydrogens (primary N) is 1. The second-order valence-corrected chi connectivity index (χ2v) is 5.59. The van der Waals surface area contributed by atoms with Gasteiger partial charge in [-0.2, -0.15) is 0 Å². The Morgan fingerprint density at radius 2 is 2.15 bits per heavy atom. The molecule has 0 saturated carbocycles. The highest BCUT2D eigenvalue weighted by atomic mass is 35.5. The van der Waals surface area contributed by atoms with Crippen LogP contribution < -0.4 is 11.1 Å². The normalized spacial score (nSPS) is 19.1. The SMILES string of the molecule is CN1C[C@@H](NC(=O)c2ccc(Cl)c(N)c2Cl)CCC1=O. The fraction of sp³-hybridized carbons (Fsp3) is 0.385. The summed E-state index contributed by atoms with van der Waals surface area (Å²) in [6.45, 7) is 0.491. The van der Waals surface area contributed by atoms with Gasteiger partial charge in [-0.05, 0) is 18.6 Å². The van der Waals surface area contributed by atoms with Crippen molar-refractivity contribution in [2.75, 3.05) is 19.3 Å². The van der Waals surface area contributed by atoms with Gasteiger partial charge in [0.2, 0.25) is 5.91 Å². The number of nitrogen functional groups attached to an aromatic ring is 1. The molecule has 1 heterocycles. The molecule has 1 aromatic rings. The molecule has 0 unspecified atom stereocenters. The number of halogens is 2. The number of hydrogen-bond donors (Lipinski definition) is 2. The van der Waals surface area contributed by atoms with Crippen molar-refractivity contribution >= 4 is 40.7 Å². The van der Waals surface area contributed by atoms with Gasteiger partial charge in [-0.15, -0.1) is 0 Å². The Balaban J connectivity index is 2.09. The van der Waals surface area contributed by atoms with Crippen LogP contribution in [0.3, 0.4) is 0 Å². The summed E-state index contributed by atoms with van der Waals surface area (Å²) in [5.74, 6) is -0.226. The van der Waals surface area contributed by atoms with Crippen molar-refractivity contribution in [1.82, 2.24) is 10.2 Å². The molecule has 1 atom stereocenters. The molecule has 0 spiro atoms. The Kier molecular flexibility index (Phi) is 4.40. The number of likely N-dealkylation sites (tertiary alicyclic amines) is 1. The molecular weight excluding hydrogens is 301 g/mol. The number of hydrogen-bond acceptors (Lipinski definition) is 3. The van der Waals surface area contributed by atoms with Crippen molar-refractivity contribution in [3.63, 3.8) is 0 Å². The van der Waals surface area contributed by atoms with Gasteiger partial charge in [0, 0.05) is 26.1 Å². The fourth-order valence-electron chi connectivity index (χ4n) is 2.14. The van der Waals surface area contributed by atoms with E-state index in [-0.39, 0.29) is 34.1 Å². The van der Waals surface area contributed by atoms with Crippen LogP contribution in [-0.4, -0.2) is 36.3 Å². The predicted molar refractivity (Wildman–Crippen MR) is 79.0 cm³/mol. The second-order valence-electron chi connectivity index (χ2n) is 4.81. The van der Waals surface area contributed by atoms with Crippen molar-refractivity contribution in [3.05, 3.63) is 27.7 Å². The molecular formula is C13H15Cl2N3O2. The van der Waals surface area contributed by atoms with Gasteiger partial charge in [-0.1, -0.05) is 23.2 Å². The van der Waals surface area contributed by atoms with Crippen molar-refractivity contribution in [3.8, 4) is 0 Å². The van der Waals surface area contributed by atoms with E-state index in [4.69, 9.17) is 28.9 Å². The molecule has 1 aromatic carbocycles. The minimum Gasteiger partial charge on any atom is -0.396 e. The third kappa shape index (κ3) is 2.99. The standard InChI is InChI=1S/C13H15Cl2N3O2/c1-18-6-7(2-5-10(18)19)17-13(20)8-3-4-9(14)12(16)11(8)15/h3-4,7H,2,5-6,16H2,1H3,(H,17,20)/t7-/m0/s1. The first-order valence-corrected chi connectivity index (χ1v) is 6.94. The lowest BCUT2D eigenvalue weighted by Gasteiger charge is -2.30. The smallest absolute Gasteiger partial charge is 0.253 e. The first-order valence-electron chi connectivity index (χ1n) is 6.18. The first-order chi connectivity index (χ1) is 9.40. The molecule has 20 heavy (non-hydrogen) atoms. The van der Waals surface area contributed by atoms with Crippen molar-refractivity contribution in [2.45, 2.75) is 18.9 Å². The van der Waals surface area contributed by atoms with E-state index in [9.17, 15) is 9.59 Å². The molecule has 3 N–H and O–H groups in total. The van der Waals surface area contributed by atoms with Crippen LogP contribution in [0.25, 0.3) is 0 Å².